The van der Waals surface area contributed by atoms with Gasteiger partial charge in [-0.1, -0.05) is 15.9 Å². The Bertz CT molecular complexity index is 535. The fourth-order valence-electron chi connectivity index (χ4n) is 1.90. The summed E-state index contributed by atoms with van der Waals surface area (Å²) in [4.78, 5) is -0.324. The molecule has 1 aliphatic heterocycles. The summed E-state index contributed by atoms with van der Waals surface area (Å²) in [6.45, 7) is 1.19. The van der Waals surface area contributed by atoms with Crippen molar-refractivity contribution < 1.29 is 12.8 Å². The zero-order valence-electron chi connectivity index (χ0n) is 10.0. The van der Waals surface area contributed by atoms with Gasteiger partial charge in [-0.15, -0.1) is 12.4 Å². The molecule has 1 heterocycles. The summed E-state index contributed by atoms with van der Waals surface area (Å²) in [5.41, 5.74) is 0. The van der Waals surface area contributed by atoms with E-state index in [1.165, 1.54) is 12.1 Å². The van der Waals surface area contributed by atoms with Gasteiger partial charge in [-0.05, 0) is 37.6 Å². The molecule has 4 nitrogen and oxygen atoms in total. The van der Waals surface area contributed by atoms with Crippen LogP contribution in [0.4, 0.5) is 4.39 Å². The lowest BCUT2D eigenvalue weighted by Gasteiger charge is -2.12. The number of benzene rings is 1. The summed E-state index contributed by atoms with van der Waals surface area (Å²) in [5.74, 6) is -0.745. The van der Waals surface area contributed by atoms with Gasteiger partial charge in [-0.25, -0.2) is 17.5 Å². The molecule has 0 bridgehead atoms. The van der Waals surface area contributed by atoms with Gasteiger partial charge in [0.25, 0.3) is 0 Å². The molecule has 0 aliphatic carbocycles. The van der Waals surface area contributed by atoms with Crippen LogP contribution in [0.2, 0.25) is 0 Å². The van der Waals surface area contributed by atoms with E-state index in [1.807, 2.05) is 0 Å². The van der Waals surface area contributed by atoms with Crippen LogP contribution < -0.4 is 10.0 Å². The van der Waals surface area contributed by atoms with Gasteiger partial charge in [0, 0.05) is 17.1 Å². The van der Waals surface area contributed by atoms with Crippen LogP contribution in [-0.4, -0.2) is 27.5 Å². The predicted molar refractivity (Wildman–Crippen MR) is 77.6 cm³/mol. The van der Waals surface area contributed by atoms with E-state index >= 15 is 0 Å². The summed E-state index contributed by atoms with van der Waals surface area (Å²) in [6, 6.07) is 3.99. The maximum absolute atomic E-state index is 13.5. The Kier molecular flexibility index (Phi) is 6.19. The molecule has 1 atom stereocenters. The second kappa shape index (κ2) is 6.99. The van der Waals surface area contributed by atoms with E-state index in [0.29, 0.717) is 4.47 Å². The largest absolute Gasteiger partial charge is 0.313 e. The lowest BCUT2D eigenvalue weighted by atomic mass is 10.2. The quantitative estimate of drug-likeness (QED) is 0.849. The molecule has 0 aromatic heterocycles. The normalized spacial score (nSPS) is 19.2. The zero-order valence-corrected chi connectivity index (χ0v) is 13.2. The summed E-state index contributed by atoms with van der Waals surface area (Å²) in [7, 11) is -3.80. The molecule has 0 saturated carbocycles. The van der Waals surface area contributed by atoms with E-state index in [9.17, 15) is 12.8 Å². The van der Waals surface area contributed by atoms with Crippen LogP contribution in [0.5, 0.6) is 0 Å². The standard InChI is InChI=1S/C11H14BrFN2O2S.ClH/c12-8-3-4-10(13)11(6-8)18(16,17)15-7-9-2-1-5-14-9;/h3-4,6,9,14-15H,1-2,5,7H2;1H. The van der Waals surface area contributed by atoms with Crippen LogP contribution >= 0.6 is 28.3 Å². The molecular formula is C11H15BrClFN2O2S. The van der Waals surface area contributed by atoms with Gasteiger partial charge in [0.15, 0.2) is 0 Å². The van der Waals surface area contributed by atoms with Gasteiger partial charge in [0.05, 0.1) is 0 Å². The highest BCUT2D eigenvalue weighted by Gasteiger charge is 2.22. The number of rotatable bonds is 4. The van der Waals surface area contributed by atoms with E-state index in [4.69, 9.17) is 0 Å². The van der Waals surface area contributed by atoms with Crippen molar-refractivity contribution in [2.45, 2.75) is 23.8 Å². The molecule has 0 amide bonds. The maximum atomic E-state index is 13.5. The van der Waals surface area contributed by atoms with Gasteiger partial charge < -0.3 is 5.32 Å². The van der Waals surface area contributed by atoms with Crippen molar-refractivity contribution in [1.29, 1.82) is 0 Å². The topological polar surface area (TPSA) is 58.2 Å². The average molecular weight is 374 g/mol. The fraction of sp³-hybridized carbons (Fsp3) is 0.455. The monoisotopic (exact) mass is 372 g/mol. The first-order chi connectivity index (χ1) is 8.49. The predicted octanol–water partition coefficient (Wildman–Crippen LogP) is 2.04. The molecule has 1 unspecified atom stereocenters. The molecule has 0 radical (unpaired) electrons. The maximum Gasteiger partial charge on any atom is 0.243 e. The Labute approximate surface area is 126 Å². The lowest BCUT2D eigenvalue weighted by molar-refractivity contribution is 0.538. The highest BCUT2D eigenvalue weighted by molar-refractivity contribution is 9.10. The van der Waals surface area contributed by atoms with Crippen molar-refractivity contribution in [3.63, 3.8) is 0 Å². The van der Waals surface area contributed by atoms with E-state index < -0.39 is 15.8 Å². The third kappa shape index (κ3) is 4.39. The first-order valence-electron chi connectivity index (χ1n) is 5.67. The summed E-state index contributed by atoms with van der Waals surface area (Å²) >= 11 is 3.13. The van der Waals surface area contributed by atoms with Gasteiger partial charge in [-0.3, -0.25) is 0 Å². The van der Waals surface area contributed by atoms with Crippen LogP contribution in [-0.2, 0) is 10.0 Å². The van der Waals surface area contributed by atoms with Gasteiger partial charge in [0.2, 0.25) is 10.0 Å². The van der Waals surface area contributed by atoms with E-state index in [2.05, 4.69) is 26.0 Å². The second-order valence-electron chi connectivity index (χ2n) is 4.22. The number of sulfonamides is 1. The lowest BCUT2D eigenvalue weighted by Crippen LogP contribution is -2.37. The van der Waals surface area contributed by atoms with Crippen LogP contribution in [0, 0.1) is 5.82 Å². The minimum absolute atomic E-state index is 0. The fourth-order valence-corrected chi connectivity index (χ4v) is 3.60. The molecule has 2 rings (SSSR count). The Morgan fingerprint density at radius 1 is 1.47 bits per heavy atom. The molecule has 1 aromatic carbocycles. The number of hydrogen-bond acceptors (Lipinski definition) is 3. The minimum atomic E-state index is -3.80. The summed E-state index contributed by atoms with van der Waals surface area (Å²) < 4.78 is 40.4. The van der Waals surface area contributed by atoms with Crippen molar-refractivity contribution in [3.8, 4) is 0 Å². The van der Waals surface area contributed by atoms with Crippen molar-refractivity contribution in [2.75, 3.05) is 13.1 Å². The number of nitrogens with one attached hydrogen (secondary N) is 2. The highest BCUT2D eigenvalue weighted by atomic mass is 79.9. The molecule has 1 fully saturated rings. The third-order valence-corrected chi connectivity index (χ3v) is 4.80. The van der Waals surface area contributed by atoms with Gasteiger partial charge in [0.1, 0.15) is 10.7 Å². The molecule has 2 N–H and O–H groups in total. The van der Waals surface area contributed by atoms with Crippen molar-refractivity contribution in [3.05, 3.63) is 28.5 Å². The minimum Gasteiger partial charge on any atom is -0.313 e. The van der Waals surface area contributed by atoms with Crippen molar-refractivity contribution in [1.82, 2.24) is 10.0 Å². The van der Waals surface area contributed by atoms with E-state index in [-0.39, 0.29) is 29.9 Å². The second-order valence-corrected chi connectivity index (χ2v) is 6.87. The van der Waals surface area contributed by atoms with Crippen molar-refractivity contribution >= 4 is 38.4 Å². The average Bonchev–Trinajstić information content (AvgIpc) is 2.83. The Morgan fingerprint density at radius 2 is 2.21 bits per heavy atom. The number of hydrogen-bond donors (Lipinski definition) is 2. The summed E-state index contributed by atoms with van der Waals surface area (Å²) in [5, 5.41) is 3.18. The molecular weight excluding hydrogens is 359 g/mol. The molecule has 108 valence electrons. The SMILES string of the molecule is Cl.O=S(=O)(NCC1CCCN1)c1cc(Br)ccc1F. The molecule has 8 heteroatoms. The first-order valence-corrected chi connectivity index (χ1v) is 7.95. The van der Waals surface area contributed by atoms with E-state index in [1.54, 1.807) is 0 Å². The Balaban J connectivity index is 0.00000180. The van der Waals surface area contributed by atoms with Crippen molar-refractivity contribution in [2.24, 2.45) is 0 Å². The van der Waals surface area contributed by atoms with Crippen LogP contribution in [0.3, 0.4) is 0 Å². The molecule has 1 saturated heterocycles. The van der Waals surface area contributed by atoms with E-state index in [0.717, 1.165) is 25.5 Å². The molecule has 0 spiro atoms. The number of halogens is 3. The van der Waals surface area contributed by atoms with Gasteiger partial charge in [-0.2, -0.15) is 0 Å². The molecule has 1 aliphatic rings. The summed E-state index contributed by atoms with van der Waals surface area (Å²) in [6.07, 6.45) is 1.97. The molecule has 1 aromatic rings. The van der Waals surface area contributed by atoms with Crippen LogP contribution in [0.25, 0.3) is 0 Å². The smallest absolute Gasteiger partial charge is 0.243 e. The highest BCUT2D eigenvalue weighted by Crippen LogP contribution is 2.20. The molecule has 19 heavy (non-hydrogen) atoms. The zero-order chi connectivity index (χ0) is 13.2. The van der Waals surface area contributed by atoms with Gasteiger partial charge >= 0.3 is 0 Å². The third-order valence-electron chi connectivity index (χ3n) is 2.86. The Hall–Kier alpha value is -0.210. The Morgan fingerprint density at radius 3 is 2.84 bits per heavy atom. The van der Waals surface area contributed by atoms with Crippen LogP contribution in [0.1, 0.15) is 12.8 Å². The van der Waals surface area contributed by atoms with Crippen LogP contribution in [0.15, 0.2) is 27.6 Å². The first kappa shape index (κ1) is 16.8.